The smallest absolute Gasteiger partial charge is 0.294 e. The minimum atomic E-state index is -4.58. The van der Waals surface area contributed by atoms with E-state index >= 15 is 0 Å². The minimum absolute atomic E-state index is 0.0687. The first kappa shape index (κ1) is 12.2. The standard InChI is InChI=1S/C12H8ClF3O/c13-8-3-1-7(2-4-8)9-5-6-10(17)11(9)12(14,15)16/h1-4H,5-6H2. The summed E-state index contributed by atoms with van der Waals surface area (Å²) in [4.78, 5) is 11.3. The number of halogens is 4. The molecule has 17 heavy (non-hydrogen) atoms. The SMILES string of the molecule is O=C1CCC(c2ccc(Cl)cc2)=C1C(F)(F)F. The van der Waals surface area contributed by atoms with Crippen molar-refractivity contribution in [3.05, 3.63) is 40.4 Å². The van der Waals surface area contributed by atoms with Crippen LogP contribution in [0.5, 0.6) is 0 Å². The van der Waals surface area contributed by atoms with Gasteiger partial charge in [0.2, 0.25) is 0 Å². The third-order valence-corrected chi connectivity index (χ3v) is 2.91. The van der Waals surface area contributed by atoms with Crippen LogP contribution in [0.2, 0.25) is 5.02 Å². The first-order chi connectivity index (χ1) is 7.89. The molecule has 1 aromatic rings. The number of carbonyl (C=O) groups is 1. The molecule has 0 radical (unpaired) electrons. The van der Waals surface area contributed by atoms with Crippen molar-refractivity contribution in [3.8, 4) is 0 Å². The number of hydrogen-bond acceptors (Lipinski definition) is 1. The second-order valence-corrected chi connectivity index (χ2v) is 4.22. The number of benzene rings is 1. The largest absolute Gasteiger partial charge is 0.420 e. The van der Waals surface area contributed by atoms with Crippen molar-refractivity contribution in [2.24, 2.45) is 0 Å². The summed E-state index contributed by atoms with van der Waals surface area (Å²) in [7, 11) is 0. The zero-order valence-corrected chi connectivity index (χ0v) is 9.40. The molecule has 0 heterocycles. The molecular weight excluding hydrogens is 253 g/mol. The predicted molar refractivity (Wildman–Crippen MR) is 58.7 cm³/mol. The van der Waals surface area contributed by atoms with Crippen LogP contribution in [0, 0.1) is 0 Å². The highest BCUT2D eigenvalue weighted by Gasteiger charge is 2.43. The lowest BCUT2D eigenvalue weighted by Gasteiger charge is -2.10. The second kappa shape index (κ2) is 4.18. The van der Waals surface area contributed by atoms with Crippen LogP contribution in [0.15, 0.2) is 29.8 Å². The zero-order chi connectivity index (χ0) is 12.6. The van der Waals surface area contributed by atoms with Gasteiger partial charge in [-0.3, -0.25) is 4.79 Å². The Morgan fingerprint density at radius 2 is 1.65 bits per heavy atom. The Hall–Kier alpha value is -1.29. The van der Waals surface area contributed by atoms with Crippen LogP contribution < -0.4 is 0 Å². The van der Waals surface area contributed by atoms with Crippen LogP contribution in [-0.4, -0.2) is 12.0 Å². The summed E-state index contributed by atoms with van der Waals surface area (Å²) in [6.45, 7) is 0. The van der Waals surface area contributed by atoms with E-state index in [2.05, 4.69) is 0 Å². The molecule has 0 N–H and O–H groups in total. The molecule has 0 aliphatic heterocycles. The monoisotopic (exact) mass is 260 g/mol. The number of alkyl halides is 3. The topological polar surface area (TPSA) is 17.1 Å². The fourth-order valence-electron chi connectivity index (χ4n) is 1.93. The highest BCUT2D eigenvalue weighted by Crippen LogP contribution is 2.40. The molecule has 0 saturated carbocycles. The van der Waals surface area contributed by atoms with Crippen LogP contribution in [0.4, 0.5) is 13.2 Å². The number of hydrogen-bond donors (Lipinski definition) is 0. The van der Waals surface area contributed by atoms with E-state index in [1.165, 1.54) is 24.3 Å². The lowest BCUT2D eigenvalue weighted by Crippen LogP contribution is -2.17. The van der Waals surface area contributed by atoms with Gasteiger partial charge in [-0.15, -0.1) is 0 Å². The van der Waals surface area contributed by atoms with Gasteiger partial charge < -0.3 is 0 Å². The quantitative estimate of drug-likeness (QED) is 0.745. The van der Waals surface area contributed by atoms with Gasteiger partial charge >= 0.3 is 6.18 Å². The maximum Gasteiger partial charge on any atom is 0.420 e. The average molecular weight is 261 g/mol. The molecule has 1 nitrogen and oxygen atoms in total. The van der Waals surface area contributed by atoms with Crippen molar-refractivity contribution < 1.29 is 18.0 Å². The molecule has 2 rings (SSSR count). The summed E-state index contributed by atoms with van der Waals surface area (Å²) in [6.07, 6.45) is -4.52. The molecule has 5 heteroatoms. The molecule has 0 spiro atoms. The molecule has 0 atom stereocenters. The molecule has 0 saturated heterocycles. The van der Waals surface area contributed by atoms with Crippen molar-refractivity contribution in [1.29, 1.82) is 0 Å². The zero-order valence-electron chi connectivity index (χ0n) is 8.64. The minimum Gasteiger partial charge on any atom is -0.294 e. The molecule has 0 bridgehead atoms. The van der Waals surface area contributed by atoms with Crippen LogP contribution >= 0.6 is 11.6 Å². The maximum atomic E-state index is 12.7. The average Bonchev–Trinajstić information content (AvgIpc) is 2.61. The predicted octanol–water partition coefficient (Wildman–Crippen LogP) is 4.02. The summed E-state index contributed by atoms with van der Waals surface area (Å²) in [5.74, 6) is -0.831. The third-order valence-electron chi connectivity index (χ3n) is 2.66. The van der Waals surface area contributed by atoms with Gasteiger partial charge in [0.05, 0.1) is 0 Å². The Morgan fingerprint density at radius 3 is 2.18 bits per heavy atom. The first-order valence-electron chi connectivity index (χ1n) is 4.99. The van der Waals surface area contributed by atoms with Crippen LogP contribution in [0.25, 0.3) is 5.57 Å². The fraction of sp³-hybridized carbons (Fsp3) is 0.250. The molecule has 0 aromatic heterocycles. The van der Waals surface area contributed by atoms with E-state index in [1.54, 1.807) is 0 Å². The fourth-order valence-corrected chi connectivity index (χ4v) is 2.05. The van der Waals surface area contributed by atoms with Gasteiger partial charge in [0.15, 0.2) is 5.78 Å². The normalized spacial score (nSPS) is 16.8. The molecule has 1 aliphatic carbocycles. The molecule has 0 fully saturated rings. The molecule has 1 aromatic carbocycles. The first-order valence-corrected chi connectivity index (χ1v) is 5.37. The number of ketones is 1. The van der Waals surface area contributed by atoms with Gasteiger partial charge in [-0.1, -0.05) is 23.7 Å². The van der Waals surface area contributed by atoms with Gasteiger partial charge in [-0.25, -0.2) is 0 Å². The van der Waals surface area contributed by atoms with Crippen molar-refractivity contribution in [3.63, 3.8) is 0 Å². The molecule has 0 unspecified atom stereocenters. The molecule has 90 valence electrons. The van der Waals surface area contributed by atoms with Crippen LogP contribution in [-0.2, 0) is 4.79 Å². The maximum absolute atomic E-state index is 12.7. The van der Waals surface area contributed by atoms with Gasteiger partial charge in [0.1, 0.15) is 5.57 Å². The van der Waals surface area contributed by atoms with E-state index in [-0.39, 0.29) is 18.4 Å². The summed E-state index contributed by atoms with van der Waals surface area (Å²) in [5.41, 5.74) is -0.536. The molecular formula is C12H8ClF3O. The van der Waals surface area contributed by atoms with E-state index in [4.69, 9.17) is 11.6 Å². The highest BCUT2D eigenvalue weighted by atomic mass is 35.5. The van der Waals surface area contributed by atoms with E-state index in [0.29, 0.717) is 10.6 Å². The Balaban J connectivity index is 2.52. The lowest BCUT2D eigenvalue weighted by atomic mass is 10.0. The van der Waals surface area contributed by atoms with E-state index in [0.717, 1.165) is 0 Å². The van der Waals surface area contributed by atoms with Crippen LogP contribution in [0.1, 0.15) is 18.4 Å². The number of rotatable bonds is 1. The highest BCUT2D eigenvalue weighted by molar-refractivity contribution is 6.30. The summed E-state index contributed by atoms with van der Waals surface area (Å²) in [6, 6.07) is 6.03. The van der Waals surface area contributed by atoms with Crippen molar-refractivity contribution in [1.82, 2.24) is 0 Å². The van der Waals surface area contributed by atoms with Crippen molar-refractivity contribution >= 4 is 23.0 Å². The molecule has 0 amide bonds. The van der Waals surface area contributed by atoms with Crippen molar-refractivity contribution in [2.75, 3.05) is 0 Å². The Labute approximate surface area is 101 Å². The van der Waals surface area contributed by atoms with Crippen molar-refractivity contribution in [2.45, 2.75) is 19.0 Å². The lowest BCUT2D eigenvalue weighted by molar-refractivity contribution is -0.127. The molecule has 1 aliphatic rings. The van der Waals surface area contributed by atoms with Gasteiger partial charge in [-0.05, 0) is 29.7 Å². The number of allylic oxidation sites excluding steroid dienone is 2. The number of Topliss-reactive ketones (excluding diaryl/α,β-unsaturated/α-hetero) is 1. The Bertz CT molecular complexity index is 485. The summed E-state index contributed by atoms with van der Waals surface area (Å²) in [5, 5.41) is 0.451. The second-order valence-electron chi connectivity index (χ2n) is 3.78. The summed E-state index contributed by atoms with van der Waals surface area (Å²) < 4.78 is 38.2. The summed E-state index contributed by atoms with van der Waals surface area (Å²) >= 11 is 5.67. The third kappa shape index (κ3) is 2.36. The van der Waals surface area contributed by atoms with Crippen LogP contribution in [0.3, 0.4) is 0 Å². The Kier molecular flexibility index (Phi) is 3.00. The van der Waals surface area contributed by atoms with Gasteiger partial charge in [0.25, 0.3) is 0 Å². The van der Waals surface area contributed by atoms with Gasteiger partial charge in [-0.2, -0.15) is 13.2 Å². The Morgan fingerprint density at radius 1 is 1.06 bits per heavy atom. The number of carbonyl (C=O) groups excluding carboxylic acids is 1. The van der Waals surface area contributed by atoms with E-state index in [1.807, 2.05) is 0 Å². The van der Waals surface area contributed by atoms with Gasteiger partial charge in [0, 0.05) is 11.4 Å². The van der Waals surface area contributed by atoms with E-state index < -0.39 is 17.5 Å². The van der Waals surface area contributed by atoms with E-state index in [9.17, 15) is 18.0 Å².